The Morgan fingerprint density at radius 3 is 2.82 bits per heavy atom. The Bertz CT molecular complexity index is 499. The van der Waals surface area contributed by atoms with Crippen molar-refractivity contribution < 1.29 is 0 Å². The van der Waals surface area contributed by atoms with Crippen LogP contribution in [-0.2, 0) is 0 Å². The van der Waals surface area contributed by atoms with E-state index in [1.54, 1.807) is 11.3 Å². The van der Waals surface area contributed by atoms with Crippen molar-refractivity contribution in [1.82, 2.24) is 15.5 Å². The van der Waals surface area contributed by atoms with Gasteiger partial charge in [-0.2, -0.15) is 5.10 Å². The van der Waals surface area contributed by atoms with Crippen molar-refractivity contribution in [2.45, 2.75) is 18.8 Å². The van der Waals surface area contributed by atoms with Gasteiger partial charge in [-0.05, 0) is 44.1 Å². The minimum Gasteiger partial charge on any atom is -0.317 e. The lowest BCUT2D eigenvalue weighted by Gasteiger charge is -2.20. The molecule has 3 nitrogen and oxygen atoms in total. The highest BCUT2D eigenvalue weighted by Gasteiger charge is 2.18. The monoisotopic (exact) mass is 267 g/mol. The van der Waals surface area contributed by atoms with Crippen LogP contribution in [0.1, 0.15) is 24.5 Å². The first kappa shape index (κ1) is 11.3. The van der Waals surface area contributed by atoms with Crippen LogP contribution in [0.2, 0.25) is 4.34 Å². The summed E-state index contributed by atoms with van der Waals surface area (Å²) in [7, 11) is 0. The molecule has 90 valence electrons. The highest BCUT2D eigenvalue weighted by Crippen LogP contribution is 2.32. The van der Waals surface area contributed by atoms with Crippen molar-refractivity contribution in [3.63, 3.8) is 0 Å². The van der Waals surface area contributed by atoms with Crippen LogP contribution in [-0.4, -0.2) is 23.3 Å². The molecule has 0 aliphatic carbocycles. The van der Waals surface area contributed by atoms with Crippen molar-refractivity contribution in [1.29, 1.82) is 0 Å². The quantitative estimate of drug-likeness (QED) is 0.877. The number of halogens is 1. The third-order valence-corrected chi connectivity index (χ3v) is 4.46. The van der Waals surface area contributed by atoms with Crippen molar-refractivity contribution in [2.75, 3.05) is 13.1 Å². The van der Waals surface area contributed by atoms with Crippen LogP contribution in [0.4, 0.5) is 0 Å². The van der Waals surface area contributed by atoms with E-state index in [1.165, 1.54) is 18.5 Å². The zero-order valence-electron chi connectivity index (χ0n) is 9.37. The first-order chi connectivity index (χ1) is 8.33. The Labute approximate surface area is 109 Å². The predicted octanol–water partition coefficient (Wildman–Crippen LogP) is 3.26. The average Bonchev–Trinajstić information content (AvgIpc) is 2.98. The number of piperidine rings is 1. The third kappa shape index (κ3) is 2.39. The second-order valence-electron chi connectivity index (χ2n) is 4.34. The zero-order valence-corrected chi connectivity index (χ0v) is 10.9. The van der Waals surface area contributed by atoms with Gasteiger partial charge in [0.05, 0.1) is 9.21 Å². The molecule has 0 bridgehead atoms. The number of aromatic nitrogens is 2. The van der Waals surface area contributed by atoms with E-state index in [2.05, 4.69) is 21.6 Å². The Balaban J connectivity index is 1.82. The number of hydrogen-bond donors (Lipinski definition) is 2. The summed E-state index contributed by atoms with van der Waals surface area (Å²) in [6.07, 6.45) is 2.37. The molecule has 2 N–H and O–H groups in total. The largest absolute Gasteiger partial charge is 0.317 e. The molecule has 2 aromatic heterocycles. The lowest BCUT2D eigenvalue weighted by Crippen LogP contribution is -2.26. The summed E-state index contributed by atoms with van der Waals surface area (Å²) in [6.45, 7) is 2.20. The molecular weight excluding hydrogens is 254 g/mol. The van der Waals surface area contributed by atoms with Crippen LogP contribution in [0.5, 0.6) is 0 Å². The fraction of sp³-hybridized carbons (Fsp3) is 0.417. The van der Waals surface area contributed by atoms with Crippen molar-refractivity contribution in [2.24, 2.45) is 0 Å². The first-order valence-electron chi connectivity index (χ1n) is 5.84. The summed E-state index contributed by atoms with van der Waals surface area (Å²) in [5, 5.41) is 10.9. The lowest BCUT2D eigenvalue weighted by molar-refractivity contribution is 0.453. The third-order valence-electron chi connectivity index (χ3n) is 3.20. The molecule has 2 aromatic rings. The standard InChI is InChI=1S/C12H14ClN3S/c13-12-2-1-11(17-12)10-7-9(15-16-10)8-3-5-14-6-4-8/h1-2,7-8,14H,3-6H2,(H,15,16). The molecule has 1 aliphatic heterocycles. The zero-order chi connectivity index (χ0) is 11.7. The molecule has 0 saturated carbocycles. The second-order valence-corrected chi connectivity index (χ2v) is 6.05. The van der Waals surface area contributed by atoms with Gasteiger partial charge in [-0.3, -0.25) is 5.10 Å². The van der Waals surface area contributed by atoms with E-state index in [0.29, 0.717) is 5.92 Å². The first-order valence-corrected chi connectivity index (χ1v) is 7.04. The van der Waals surface area contributed by atoms with Crippen LogP contribution in [0.3, 0.4) is 0 Å². The number of nitrogens with one attached hydrogen (secondary N) is 2. The van der Waals surface area contributed by atoms with E-state index in [1.807, 2.05) is 12.1 Å². The molecule has 1 saturated heterocycles. The van der Waals surface area contributed by atoms with Crippen LogP contribution < -0.4 is 5.32 Å². The summed E-state index contributed by atoms with van der Waals surface area (Å²) in [4.78, 5) is 1.13. The molecule has 0 radical (unpaired) electrons. The molecule has 1 fully saturated rings. The fourth-order valence-corrected chi connectivity index (χ4v) is 3.26. The van der Waals surface area contributed by atoms with Crippen LogP contribution in [0, 0.1) is 0 Å². The number of thiophene rings is 1. The minimum absolute atomic E-state index is 0.618. The fourth-order valence-electron chi connectivity index (χ4n) is 2.26. The van der Waals surface area contributed by atoms with Crippen molar-refractivity contribution in [3.8, 4) is 10.6 Å². The second kappa shape index (κ2) is 4.80. The molecule has 0 atom stereocenters. The van der Waals surface area contributed by atoms with Gasteiger partial charge in [0.15, 0.2) is 0 Å². The van der Waals surface area contributed by atoms with Gasteiger partial charge in [0.25, 0.3) is 0 Å². The van der Waals surface area contributed by atoms with Gasteiger partial charge in [0.1, 0.15) is 5.69 Å². The molecule has 0 spiro atoms. The average molecular weight is 268 g/mol. The number of hydrogen-bond acceptors (Lipinski definition) is 3. The SMILES string of the molecule is Clc1ccc(-c2cc(C3CCNCC3)[nH]n2)s1. The van der Waals surface area contributed by atoms with Gasteiger partial charge in [-0.25, -0.2) is 0 Å². The van der Waals surface area contributed by atoms with Gasteiger partial charge in [0, 0.05) is 11.6 Å². The van der Waals surface area contributed by atoms with E-state index in [-0.39, 0.29) is 0 Å². The molecule has 0 unspecified atom stereocenters. The summed E-state index contributed by atoms with van der Waals surface area (Å²) < 4.78 is 0.811. The number of nitrogens with zero attached hydrogens (tertiary/aromatic N) is 1. The van der Waals surface area contributed by atoms with E-state index in [0.717, 1.165) is 28.0 Å². The van der Waals surface area contributed by atoms with E-state index < -0.39 is 0 Å². The number of aromatic amines is 1. The number of rotatable bonds is 2. The van der Waals surface area contributed by atoms with E-state index in [9.17, 15) is 0 Å². The highest BCUT2D eigenvalue weighted by atomic mass is 35.5. The van der Waals surface area contributed by atoms with E-state index in [4.69, 9.17) is 11.6 Å². The Hall–Kier alpha value is -0.840. The maximum Gasteiger partial charge on any atom is 0.102 e. The van der Waals surface area contributed by atoms with Crippen molar-refractivity contribution in [3.05, 3.63) is 28.2 Å². The molecule has 0 amide bonds. The van der Waals surface area contributed by atoms with Crippen LogP contribution >= 0.6 is 22.9 Å². The molecule has 1 aliphatic rings. The Morgan fingerprint density at radius 2 is 2.12 bits per heavy atom. The molecule has 3 heterocycles. The predicted molar refractivity (Wildman–Crippen MR) is 71.8 cm³/mol. The van der Waals surface area contributed by atoms with Gasteiger partial charge < -0.3 is 5.32 Å². The topological polar surface area (TPSA) is 40.7 Å². The van der Waals surface area contributed by atoms with E-state index >= 15 is 0 Å². The summed E-state index contributed by atoms with van der Waals surface area (Å²) in [5.74, 6) is 0.618. The summed E-state index contributed by atoms with van der Waals surface area (Å²) in [5.41, 5.74) is 2.27. The van der Waals surface area contributed by atoms with Gasteiger partial charge in [-0.1, -0.05) is 11.6 Å². The summed E-state index contributed by atoms with van der Waals surface area (Å²) in [6, 6.07) is 6.11. The van der Waals surface area contributed by atoms with Gasteiger partial charge in [0.2, 0.25) is 0 Å². The molecule has 3 rings (SSSR count). The number of H-pyrrole nitrogens is 1. The maximum atomic E-state index is 5.94. The molecule has 5 heteroatoms. The molecule has 17 heavy (non-hydrogen) atoms. The van der Waals surface area contributed by atoms with Gasteiger partial charge >= 0.3 is 0 Å². The Kier molecular flexibility index (Phi) is 3.18. The molecule has 0 aromatic carbocycles. The highest BCUT2D eigenvalue weighted by molar-refractivity contribution is 7.19. The summed E-state index contributed by atoms with van der Waals surface area (Å²) >= 11 is 7.51. The smallest absolute Gasteiger partial charge is 0.102 e. The normalized spacial score (nSPS) is 17.5. The van der Waals surface area contributed by atoms with Crippen molar-refractivity contribution >= 4 is 22.9 Å². The minimum atomic E-state index is 0.618. The maximum absolute atomic E-state index is 5.94. The van der Waals surface area contributed by atoms with Gasteiger partial charge in [-0.15, -0.1) is 11.3 Å². The molecular formula is C12H14ClN3S. The lowest BCUT2D eigenvalue weighted by atomic mass is 9.94. The Morgan fingerprint density at radius 1 is 1.29 bits per heavy atom. The van der Waals surface area contributed by atoms with Crippen LogP contribution in [0.25, 0.3) is 10.6 Å². The van der Waals surface area contributed by atoms with Crippen LogP contribution in [0.15, 0.2) is 18.2 Å².